The highest BCUT2D eigenvalue weighted by molar-refractivity contribution is 7.99. The second kappa shape index (κ2) is 7.86. The summed E-state index contributed by atoms with van der Waals surface area (Å²) in [6.45, 7) is 2.10. The van der Waals surface area contributed by atoms with Crippen molar-refractivity contribution >= 4 is 23.6 Å². The third kappa shape index (κ3) is 4.74. The summed E-state index contributed by atoms with van der Waals surface area (Å²) in [6, 6.07) is 10.2. The average Bonchev–Trinajstić information content (AvgIpc) is 3.44. The summed E-state index contributed by atoms with van der Waals surface area (Å²) >= 11 is 1.75. The highest BCUT2D eigenvalue weighted by Crippen LogP contribution is 2.32. The zero-order chi connectivity index (χ0) is 16.1. The zero-order valence-electron chi connectivity index (χ0n) is 13.4. The molecule has 1 aliphatic carbocycles. The van der Waals surface area contributed by atoms with Crippen molar-refractivity contribution in [1.29, 1.82) is 0 Å². The number of amides is 2. The summed E-state index contributed by atoms with van der Waals surface area (Å²) in [6.07, 6.45) is 3.90. The van der Waals surface area contributed by atoms with Crippen LogP contribution in [0.2, 0.25) is 0 Å². The van der Waals surface area contributed by atoms with Gasteiger partial charge in [-0.25, -0.2) is 0 Å². The van der Waals surface area contributed by atoms with E-state index in [4.69, 9.17) is 0 Å². The van der Waals surface area contributed by atoms with Crippen LogP contribution >= 0.6 is 11.8 Å². The Balaban J connectivity index is 1.38. The van der Waals surface area contributed by atoms with Gasteiger partial charge >= 0.3 is 0 Å². The molecule has 124 valence electrons. The van der Waals surface area contributed by atoms with Crippen molar-refractivity contribution in [1.82, 2.24) is 10.2 Å². The lowest BCUT2D eigenvalue weighted by Gasteiger charge is -2.32. The quantitative estimate of drug-likeness (QED) is 0.643. The van der Waals surface area contributed by atoms with Crippen LogP contribution in [0.25, 0.3) is 0 Å². The SMILES string of the molecule is O=C(NCCSc1ccccc1)[C@H]1CCCN(C(=O)C2CC2)C1. The number of nitrogens with zero attached hydrogens (tertiary/aromatic N) is 1. The van der Waals surface area contributed by atoms with Gasteiger partial charge in [-0.05, 0) is 37.8 Å². The van der Waals surface area contributed by atoms with E-state index in [1.54, 1.807) is 11.8 Å². The maximum atomic E-state index is 12.3. The predicted octanol–water partition coefficient (Wildman–Crippen LogP) is 2.54. The molecule has 1 aliphatic heterocycles. The van der Waals surface area contributed by atoms with Crippen molar-refractivity contribution in [2.24, 2.45) is 11.8 Å². The van der Waals surface area contributed by atoms with Crippen LogP contribution in [-0.4, -0.2) is 42.1 Å². The highest BCUT2D eigenvalue weighted by atomic mass is 32.2. The number of rotatable bonds is 6. The first-order valence-electron chi connectivity index (χ1n) is 8.48. The van der Waals surface area contributed by atoms with Crippen LogP contribution in [0.15, 0.2) is 35.2 Å². The third-order valence-electron chi connectivity index (χ3n) is 4.44. The molecule has 1 atom stereocenters. The van der Waals surface area contributed by atoms with Crippen molar-refractivity contribution in [3.63, 3.8) is 0 Å². The lowest BCUT2D eigenvalue weighted by Crippen LogP contribution is -2.46. The predicted molar refractivity (Wildman–Crippen MR) is 92.2 cm³/mol. The summed E-state index contributed by atoms with van der Waals surface area (Å²) in [5.74, 6) is 1.45. The fraction of sp³-hybridized carbons (Fsp3) is 0.556. The Morgan fingerprint density at radius 2 is 1.91 bits per heavy atom. The van der Waals surface area contributed by atoms with Gasteiger partial charge in [0.05, 0.1) is 5.92 Å². The fourth-order valence-electron chi connectivity index (χ4n) is 2.98. The lowest BCUT2D eigenvalue weighted by atomic mass is 9.97. The van der Waals surface area contributed by atoms with Crippen LogP contribution in [0.1, 0.15) is 25.7 Å². The average molecular weight is 332 g/mol. The molecule has 2 fully saturated rings. The minimum Gasteiger partial charge on any atom is -0.355 e. The third-order valence-corrected chi connectivity index (χ3v) is 5.46. The van der Waals surface area contributed by atoms with Crippen LogP contribution in [0.5, 0.6) is 0 Å². The van der Waals surface area contributed by atoms with E-state index in [1.165, 1.54) is 4.90 Å². The van der Waals surface area contributed by atoms with E-state index in [0.717, 1.165) is 38.0 Å². The Morgan fingerprint density at radius 1 is 1.13 bits per heavy atom. The summed E-state index contributed by atoms with van der Waals surface area (Å²) in [5, 5.41) is 3.03. The Hall–Kier alpha value is -1.49. The summed E-state index contributed by atoms with van der Waals surface area (Å²) < 4.78 is 0. The van der Waals surface area contributed by atoms with E-state index in [-0.39, 0.29) is 23.7 Å². The number of carbonyl (C=O) groups excluding carboxylic acids is 2. The smallest absolute Gasteiger partial charge is 0.225 e. The molecule has 0 bridgehead atoms. The Labute approximate surface area is 142 Å². The molecule has 1 saturated carbocycles. The number of hydrogen-bond donors (Lipinski definition) is 1. The van der Waals surface area contributed by atoms with Gasteiger partial charge in [0, 0.05) is 36.2 Å². The number of benzene rings is 1. The van der Waals surface area contributed by atoms with Gasteiger partial charge in [0.1, 0.15) is 0 Å². The number of likely N-dealkylation sites (tertiary alicyclic amines) is 1. The van der Waals surface area contributed by atoms with Crippen LogP contribution in [0.3, 0.4) is 0 Å². The van der Waals surface area contributed by atoms with Crippen molar-refractivity contribution in [2.75, 3.05) is 25.4 Å². The molecule has 1 heterocycles. The Bertz CT molecular complexity index is 545. The van der Waals surface area contributed by atoms with E-state index in [1.807, 2.05) is 23.1 Å². The molecular weight excluding hydrogens is 308 g/mol. The molecule has 0 radical (unpaired) electrons. The molecule has 23 heavy (non-hydrogen) atoms. The summed E-state index contributed by atoms with van der Waals surface area (Å²) in [7, 11) is 0. The zero-order valence-corrected chi connectivity index (χ0v) is 14.2. The first-order valence-corrected chi connectivity index (χ1v) is 9.47. The Kier molecular flexibility index (Phi) is 5.60. The largest absolute Gasteiger partial charge is 0.355 e. The van der Waals surface area contributed by atoms with Crippen LogP contribution < -0.4 is 5.32 Å². The van der Waals surface area contributed by atoms with Gasteiger partial charge < -0.3 is 10.2 Å². The van der Waals surface area contributed by atoms with Gasteiger partial charge in [0.15, 0.2) is 0 Å². The van der Waals surface area contributed by atoms with Crippen LogP contribution in [-0.2, 0) is 9.59 Å². The van der Waals surface area contributed by atoms with Gasteiger partial charge in [-0.15, -0.1) is 11.8 Å². The van der Waals surface area contributed by atoms with E-state index in [2.05, 4.69) is 17.4 Å². The van der Waals surface area contributed by atoms with Crippen molar-refractivity contribution < 1.29 is 9.59 Å². The van der Waals surface area contributed by atoms with Crippen molar-refractivity contribution in [3.05, 3.63) is 30.3 Å². The molecule has 1 N–H and O–H groups in total. The number of thioether (sulfide) groups is 1. The van der Waals surface area contributed by atoms with Crippen LogP contribution in [0.4, 0.5) is 0 Å². The first-order chi connectivity index (χ1) is 11.2. The molecule has 0 spiro atoms. The molecular formula is C18H24N2O2S. The molecule has 0 unspecified atom stereocenters. The summed E-state index contributed by atoms with van der Waals surface area (Å²) in [5.41, 5.74) is 0. The molecule has 1 aromatic carbocycles. The van der Waals surface area contributed by atoms with E-state index >= 15 is 0 Å². The second-order valence-electron chi connectivity index (χ2n) is 6.35. The van der Waals surface area contributed by atoms with Crippen molar-refractivity contribution in [3.8, 4) is 0 Å². The minimum absolute atomic E-state index is 0.0341. The molecule has 5 heteroatoms. The van der Waals surface area contributed by atoms with E-state index < -0.39 is 0 Å². The summed E-state index contributed by atoms with van der Waals surface area (Å²) in [4.78, 5) is 27.6. The maximum absolute atomic E-state index is 12.3. The molecule has 2 amide bonds. The van der Waals surface area contributed by atoms with E-state index in [0.29, 0.717) is 13.1 Å². The van der Waals surface area contributed by atoms with Gasteiger partial charge in [-0.1, -0.05) is 18.2 Å². The van der Waals surface area contributed by atoms with Gasteiger partial charge in [0.2, 0.25) is 11.8 Å². The minimum atomic E-state index is -0.0341. The highest BCUT2D eigenvalue weighted by Gasteiger charge is 2.36. The molecule has 1 aromatic rings. The van der Waals surface area contributed by atoms with Crippen LogP contribution in [0, 0.1) is 11.8 Å². The molecule has 1 saturated heterocycles. The molecule has 4 nitrogen and oxygen atoms in total. The van der Waals surface area contributed by atoms with Gasteiger partial charge in [0.25, 0.3) is 0 Å². The van der Waals surface area contributed by atoms with E-state index in [9.17, 15) is 9.59 Å². The Morgan fingerprint density at radius 3 is 2.65 bits per heavy atom. The number of carbonyl (C=O) groups is 2. The molecule has 0 aromatic heterocycles. The normalized spacial score (nSPS) is 21.0. The lowest BCUT2D eigenvalue weighted by molar-refractivity contribution is -0.136. The number of nitrogens with one attached hydrogen (secondary N) is 1. The standard InChI is InChI=1S/C18H24N2O2S/c21-17(19-10-12-23-16-6-2-1-3-7-16)15-5-4-11-20(13-15)18(22)14-8-9-14/h1-3,6-7,14-15H,4-5,8-13H2,(H,19,21)/t15-/m0/s1. The molecule has 3 rings (SSSR count). The fourth-order valence-corrected chi connectivity index (χ4v) is 3.77. The van der Waals surface area contributed by atoms with Gasteiger partial charge in [-0.2, -0.15) is 0 Å². The van der Waals surface area contributed by atoms with Crippen molar-refractivity contribution in [2.45, 2.75) is 30.6 Å². The first kappa shape index (κ1) is 16.4. The van der Waals surface area contributed by atoms with Gasteiger partial charge in [-0.3, -0.25) is 9.59 Å². The maximum Gasteiger partial charge on any atom is 0.225 e. The number of piperidine rings is 1. The molecule has 2 aliphatic rings. The topological polar surface area (TPSA) is 49.4 Å². The number of hydrogen-bond acceptors (Lipinski definition) is 3. The second-order valence-corrected chi connectivity index (χ2v) is 7.52. The monoisotopic (exact) mass is 332 g/mol.